The summed E-state index contributed by atoms with van der Waals surface area (Å²) in [5.74, 6) is 3.25. The van der Waals surface area contributed by atoms with Crippen molar-refractivity contribution in [3.8, 4) is 5.75 Å². The van der Waals surface area contributed by atoms with Crippen LogP contribution in [0, 0.1) is 22.7 Å². The Balaban J connectivity index is 1.83. The molecule has 0 spiro atoms. The second-order valence-electron chi connectivity index (χ2n) is 9.37. The van der Waals surface area contributed by atoms with Crippen molar-refractivity contribution < 1.29 is 5.11 Å². The molecule has 126 valence electrons. The minimum absolute atomic E-state index is 0.143. The van der Waals surface area contributed by atoms with Gasteiger partial charge in [0.05, 0.1) is 0 Å². The van der Waals surface area contributed by atoms with Gasteiger partial charge in [0.15, 0.2) is 0 Å². The summed E-state index contributed by atoms with van der Waals surface area (Å²) in [7, 11) is 0. The molecule has 2 saturated carbocycles. The molecule has 0 radical (unpaired) electrons. The van der Waals surface area contributed by atoms with Gasteiger partial charge in [-0.1, -0.05) is 40.2 Å². The standard InChI is InChI=1S/C21H30OS/c1-19(2)10-6-11-20(3)16(19)9-12-21(4)17(20)13-23-15-8-5-7-14(22)18(15)21/h5,7-8,16-17,22H,6,9-13H2,1-4H3/t16-,17+,20-,21+/m0/s1. The Morgan fingerprint density at radius 1 is 1.04 bits per heavy atom. The lowest BCUT2D eigenvalue weighted by atomic mass is 9.43. The van der Waals surface area contributed by atoms with Crippen LogP contribution in [-0.2, 0) is 5.41 Å². The highest BCUT2D eigenvalue weighted by atomic mass is 32.2. The quantitative estimate of drug-likeness (QED) is 0.629. The van der Waals surface area contributed by atoms with E-state index in [1.54, 1.807) is 0 Å². The van der Waals surface area contributed by atoms with Gasteiger partial charge in [-0.15, -0.1) is 11.8 Å². The molecule has 0 unspecified atom stereocenters. The van der Waals surface area contributed by atoms with Crippen molar-refractivity contribution in [3.63, 3.8) is 0 Å². The molecule has 1 aromatic carbocycles. The number of hydrogen-bond acceptors (Lipinski definition) is 2. The summed E-state index contributed by atoms with van der Waals surface area (Å²) in [6.45, 7) is 10.0. The molecule has 4 rings (SSSR count). The summed E-state index contributed by atoms with van der Waals surface area (Å²) >= 11 is 1.98. The number of thioether (sulfide) groups is 1. The molecule has 4 atom stereocenters. The first-order valence-electron chi connectivity index (χ1n) is 9.24. The van der Waals surface area contributed by atoms with Crippen LogP contribution in [0.25, 0.3) is 0 Å². The van der Waals surface area contributed by atoms with Gasteiger partial charge in [-0.25, -0.2) is 0 Å². The molecule has 2 aliphatic carbocycles. The molecular weight excluding hydrogens is 300 g/mol. The van der Waals surface area contributed by atoms with Gasteiger partial charge in [0.1, 0.15) is 5.75 Å². The fraction of sp³-hybridized carbons (Fsp3) is 0.714. The third-order valence-electron chi connectivity index (χ3n) is 7.77. The summed E-state index contributed by atoms with van der Waals surface area (Å²) in [5, 5.41) is 10.6. The number of benzene rings is 1. The lowest BCUT2D eigenvalue weighted by Crippen LogP contribution is -2.58. The molecular formula is C21H30OS. The van der Waals surface area contributed by atoms with Crippen LogP contribution in [0.5, 0.6) is 5.75 Å². The number of aromatic hydroxyl groups is 1. The Hall–Kier alpha value is -0.630. The summed E-state index contributed by atoms with van der Waals surface area (Å²) in [5.41, 5.74) is 2.29. The first-order chi connectivity index (χ1) is 10.8. The lowest BCUT2D eigenvalue weighted by molar-refractivity contribution is -0.0976. The number of phenols is 1. The molecule has 0 bridgehead atoms. The van der Waals surface area contributed by atoms with E-state index in [9.17, 15) is 5.11 Å². The van der Waals surface area contributed by atoms with E-state index in [0.29, 0.717) is 22.5 Å². The fourth-order valence-electron chi connectivity index (χ4n) is 6.71. The van der Waals surface area contributed by atoms with Crippen LogP contribution >= 0.6 is 11.8 Å². The van der Waals surface area contributed by atoms with E-state index in [2.05, 4.69) is 33.8 Å². The van der Waals surface area contributed by atoms with Crippen molar-refractivity contribution in [2.75, 3.05) is 5.75 Å². The van der Waals surface area contributed by atoms with Gasteiger partial charge in [0.2, 0.25) is 0 Å². The molecule has 1 aromatic rings. The monoisotopic (exact) mass is 330 g/mol. The zero-order chi connectivity index (χ0) is 16.5. The second-order valence-corrected chi connectivity index (χ2v) is 10.4. The van der Waals surface area contributed by atoms with E-state index in [0.717, 1.165) is 5.92 Å². The van der Waals surface area contributed by atoms with Crippen LogP contribution in [0.2, 0.25) is 0 Å². The van der Waals surface area contributed by atoms with E-state index >= 15 is 0 Å². The van der Waals surface area contributed by atoms with E-state index in [1.165, 1.54) is 48.3 Å². The van der Waals surface area contributed by atoms with Crippen LogP contribution in [0.1, 0.15) is 65.4 Å². The Kier molecular flexibility index (Phi) is 3.41. The maximum Gasteiger partial charge on any atom is 0.120 e. The topological polar surface area (TPSA) is 20.2 Å². The largest absolute Gasteiger partial charge is 0.508 e. The highest BCUT2D eigenvalue weighted by molar-refractivity contribution is 7.99. The van der Waals surface area contributed by atoms with Crippen LogP contribution < -0.4 is 0 Å². The summed E-state index contributed by atoms with van der Waals surface area (Å²) in [4.78, 5) is 1.32. The van der Waals surface area contributed by atoms with Crippen molar-refractivity contribution in [2.45, 2.75) is 70.1 Å². The predicted molar refractivity (Wildman–Crippen MR) is 98.1 cm³/mol. The molecule has 1 nitrogen and oxygen atoms in total. The molecule has 0 amide bonds. The average Bonchev–Trinajstić information content (AvgIpc) is 2.45. The first-order valence-corrected chi connectivity index (χ1v) is 10.2. The Bertz CT molecular complexity index is 637. The summed E-state index contributed by atoms with van der Waals surface area (Å²) in [6, 6.07) is 6.11. The van der Waals surface area contributed by atoms with E-state index < -0.39 is 0 Å². The van der Waals surface area contributed by atoms with Crippen molar-refractivity contribution in [3.05, 3.63) is 23.8 Å². The van der Waals surface area contributed by atoms with Crippen molar-refractivity contribution in [2.24, 2.45) is 22.7 Å². The average molecular weight is 331 g/mol. The number of fused-ring (bicyclic) bond motifs is 5. The van der Waals surface area contributed by atoms with Crippen LogP contribution in [0.3, 0.4) is 0 Å². The minimum Gasteiger partial charge on any atom is -0.508 e. The summed E-state index contributed by atoms with van der Waals surface area (Å²) in [6.07, 6.45) is 6.66. The van der Waals surface area contributed by atoms with Gasteiger partial charge < -0.3 is 5.11 Å². The molecule has 0 aromatic heterocycles. The second kappa shape index (κ2) is 4.94. The van der Waals surface area contributed by atoms with E-state index in [-0.39, 0.29) is 5.41 Å². The van der Waals surface area contributed by atoms with Crippen LogP contribution in [0.15, 0.2) is 23.1 Å². The number of rotatable bonds is 0. The first kappa shape index (κ1) is 15.9. The molecule has 3 aliphatic rings. The Morgan fingerprint density at radius 2 is 1.83 bits per heavy atom. The molecule has 1 N–H and O–H groups in total. The smallest absolute Gasteiger partial charge is 0.120 e. The van der Waals surface area contributed by atoms with Gasteiger partial charge in [-0.3, -0.25) is 0 Å². The third kappa shape index (κ3) is 2.06. The van der Waals surface area contributed by atoms with Gasteiger partial charge >= 0.3 is 0 Å². The van der Waals surface area contributed by atoms with Crippen molar-refractivity contribution >= 4 is 11.8 Å². The zero-order valence-corrected chi connectivity index (χ0v) is 15.8. The van der Waals surface area contributed by atoms with Gasteiger partial charge in [-0.05, 0) is 60.5 Å². The SMILES string of the molecule is CC1(C)CCC[C@]2(C)[C@H]3CSc4cccc(O)c4[C@]3(C)CC[C@@H]12. The molecule has 23 heavy (non-hydrogen) atoms. The Labute approximate surface area is 145 Å². The highest BCUT2D eigenvalue weighted by Gasteiger charge is 2.60. The minimum atomic E-state index is 0.143. The van der Waals surface area contributed by atoms with Gasteiger partial charge in [0.25, 0.3) is 0 Å². The van der Waals surface area contributed by atoms with Crippen molar-refractivity contribution in [1.82, 2.24) is 0 Å². The van der Waals surface area contributed by atoms with Crippen molar-refractivity contribution in [1.29, 1.82) is 0 Å². The normalized spacial score (nSPS) is 41.6. The fourth-order valence-corrected chi connectivity index (χ4v) is 8.46. The van der Waals surface area contributed by atoms with E-state index in [4.69, 9.17) is 0 Å². The van der Waals surface area contributed by atoms with Crippen LogP contribution in [0.4, 0.5) is 0 Å². The molecule has 1 aliphatic heterocycles. The Morgan fingerprint density at radius 3 is 2.61 bits per heavy atom. The van der Waals surface area contributed by atoms with Gasteiger partial charge in [-0.2, -0.15) is 0 Å². The summed E-state index contributed by atoms with van der Waals surface area (Å²) < 4.78 is 0. The highest BCUT2D eigenvalue weighted by Crippen LogP contribution is 2.67. The molecule has 2 heteroatoms. The number of phenolic OH excluding ortho intramolecular Hbond substituents is 1. The van der Waals surface area contributed by atoms with Crippen LogP contribution in [-0.4, -0.2) is 10.9 Å². The zero-order valence-electron chi connectivity index (χ0n) is 15.0. The molecule has 1 heterocycles. The molecule has 0 saturated heterocycles. The lowest BCUT2D eigenvalue weighted by Gasteiger charge is -2.64. The maximum absolute atomic E-state index is 10.6. The van der Waals surface area contributed by atoms with E-state index in [1.807, 2.05) is 23.9 Å². The molecule has 2 fully saturated rings. The third-order valence-corrected chi connectivity index (χ3v) is 8.93. The number of hydrogen-bond donors (Lipinski definition) is 1. The van der Waals surface area contributed by atoms with Gasteiger partial charge in [0, 0.05) is 21.6 Å². The predicted octanol–water partition coefficient (Wildman–Crippen LogP) is 6.00. The maximum atomic E-state index is 10.6.